The van der Waals surface area contributed by atoms with Crippen LogP contribution in [-0.4, -0.2) is 23.0 Å². The van der Waals surface area contributed by atoms with Gasteiger partial charge in [-0.1, -0.05) is 13.8 Å². The highest BCUT2D eigenvalue weighted by molar-refractivity contribution is 5.98. The number of aryl methyl sites for hydroxylation is 1. The number of rotatable bonds is 4. The van der Waals surface area contributed by atoms with Crippen LogP contribution >= 0.6 is 0 Å². The Balaban J connectivity index is 2.29. The predicted molar refractivity (Wildman–Crippen MR) is 70.7 cm³/mol. The van der Waals surface area contributed by atoms with Gasteiger partial charge in [-0.25, -0.2) is 4.79 Å². The van der Waals surface area contributed by atoms with Crippen molar-refractivity contribution in [1.82, 2.24) is 0 Å². The normalized spacial score (nSPS) is 17.2. The van der Waals surface area contributed by atoms with Crippen molar-refractivity contribution in [3.63, 3.8) is 0 Å². The van der Waals surface area contributed by atoms with E-state index in [0.29, 0.717) is 30.1 Å². The molecule has 0 amide bonds. The van der Waals surface area contributed by atoms with E-state index in [4.69, 9.17) is 9.84 Å². The van der Waals surface area contributed by atoms with Crippen molar-refractivity contribution in [3.8, 4) is 5.75 Å². The third-order valence-corrected chi connectivity index (χ3v) is 3.25. The van der Waals surface area contributed by atoms with Crippen LogP contribution in [0.2, 0.25) is 0 Å². The minimum absolute atomic E-state index is 0.106. The van der Waals surface area contributed by atoms with Gasteiger partial charge in [-0.15, -0.1) is 0 Å². The molecule has 4 nitrogen and oxygen atoms in total. The molecule has 0 saturated carbocycles. The van der Waals surface area contributed by atoms with Gasteiger partial charge in [-0.3, -0.25) is 4.79 Å². The number of aliphatic carboxylic acids is 1. The molecule has 1 aliphatic rings. The van der Waals surface area contributed by atoms with Crippen LogP contribution in [0.4, 0.5) is 0 Å². The van der Waals surface area contributed by atoms with Gasteiger partial charge in [0.1, 0.15) is 5.75 Å². The monoisotopic (exact) mass is 262 g/mol. The van der Waals surface area contributed by atoms with Crippen molar-refractivity contribution >= 4 is 11.8 Å². The van der Waals surface area contributed by atoms with Gasteiger partial charge in [0.25, 0.3) is 0 Å². The number of benzene rings is 1. The standard InChI is InChI=1S/C15H18O4/c1-8(2)4-12(16)11-6-10-7-14(15(17)18)19-13(10)5-9(11)3/h5-6,8,14H,4,7H2,1-3H3,(H,17,18). The van der Waals surface area contributed by atoms with Crippen LogP contribution in [0.25, 0.3) is 0 Å². The van der Waals surface area contributed by atoms with E-state index in [1.807, 2.05) is 20.8 Å². The van der Waals surface area contributed by atoms with Gasteiger partial charge >= 0.3 is 5.97 Å². The molecule has 4 heteroatoms. The summed E-state index contributed by atoms with van der Waals surface area (Å²) in [5, 5.41) is 8.96. The van der Waals surface area contributed by atoms with E-state index in [1.165, 1.54) is 0 Å². The lowest BCUT2D eigenvalue weighted by atomic mass is 9.95. The summed E-state index contributed by atoms with van der Waals surface area (Å²) in [5.41, 5.74) is 2.34. The van der Waals surface area contributed by atoms with E-state index >= 15 is 0 Å². The average molecular weight is 262 g/mol. The van der Waals surface area contributed by atoms with Crippen molar-refractivity contribution in [1.29, 1.82) is 0 Å². The minimum Gasteiger partial charge on any atom is -0.478 e. The molecule has 102 valence electrons. The zero-order valence-electron chi connectivity index (χ0n) is 11.4. The highest BCUT2D eigenvalue weighted by Gasteiger charge is 2.30. The summed E-state index contributed by atoms with van der Waals surface area (Å²) >= 11 is 0. The Morgan fingerprint density at radius 3 is 2.68 bits per heavy atom. The first-order chi connectivity index (χ1) is 8.88. The predicted octanol–water partition coefficient (Wildman–Crippen LogP) is 2.61. The Bertz CT molecular complexity index is 531. The number of ether oxygens (including phenoxy) is 1. The second-order valence-corrected chi connectivity index (χ2v) is 5.44. The van der Waals surface area contributed by atoms with Gasteiger partial charge in [0, 0.05) is 18.4 Å². The summed E-state index contributed by atoms with van der Waals surface area (Å²) in [5.74, 6) is 0.0344. The first kappa shape index (κ1) is 13.6. The summed E-state index contributed by atoms with van der Waals surface area (Å²) < 4.78 is 5.35. The SMILES string of the molecule is Cc1cc2c(cc1C(=O)CC(C)C)CC(C(=O)O)O2. The van der Waals surface area contributed by atoms with E-state index in [1.54, 1.807) is 12.1 Å². The van der Waals surface area contributed by atoms with E-state index < -0.39 is 12.1 Å². The zero-order valence-corrected chi connectivity index (χ0v) is 11.4. The van der Waals surface area contributed by atoms with Crippen molar-refractivity contribution in [2.45, 2.75) is 39.7 Å². The third-order valence-electron chi connectivity index (χ3n) is 3.25. The van der Waals surface area contributed by atoms with Crippen LogP contribution in [0.15, 0.2) is 12.1 Å². The second-order valence-electron chi connectivity index (χ2n) is 5.44. The van der Waals surface area contributed by atoms with Gasteiger partial charge in [0.05, 0.1) is 0 Å². The molecule has 0 saturated heterocycles. The number of ketones is 1. The number of carbonyl (C=O) groups is 2. The molecule has 1 heterocycles. The van der Waals surface area contributed by atoms with Gasteiger partial charge < -0.3 is 9.84 Å². The topological polar surface area (TPSA) is 63.6 Å². The lowest BCUT2D eigenvalue weighted by Crippen LogP contribution is -2.24. The quantitative estimate of drug-likeness (QED) is 0.847. The maximum atomic E-state index is 12.1. The average Bonchev–Trinajstić information content (AvgIpc) is 2.69. The Morgan fingerprint density at radius 1 is 1.42 bits per heavy atom. The Labute approximate surface area is 112 Å². The fraction of sp³-hybridized carbons (Fsp3) is 0.467. The number of carboxylic acid groups (broad SMARTS) is 1. The highest BCUT2D eigenvalue weighted by Crippen LogP contribution is 2.32. The molecule has 2 rings (SSSR count). The van der Waals surface area contributed by atoms with E-state index in [0.717, 1.165) is 11.1 Å². The fourth-order valence-corrected chi connectivity index (χ4v) is 2.31. The van der Waals surface area contributed by atoms with Crippen LogP contribution in [0.3, 0.4) is 0 Å². The molecule has 0 spiro atoms. The lowest BCUT2D eigenvalue weighted by molar-refractivity contribution is -0.144. The zero-order chi connectivity index (χ0) is 14.2. The number of carbonyl (C=O) groups excluding carboxylic acids is 1. The van der Waals surface area contributed by atoms with Gasteiger partial charge in [-0.05, 0) is 36.1 Å². The molecule has 1 aromatic rings. The number of Topliss-reactive ketones (excluding diaryl/α,β-unsaturated/α-hetero) is 1. The largest absolute Gasteiger partial charge is 0.478 e. The molecule has 1 atom stereocenters. The number of hydrogen-bond acceptors (Lipinski definition) is 3. The summed E-state index contributed by atoms with van der Waals surface area (Å²) in [4.78, 5) is 23.1. The molecule has 0 bridgehead atoms. The summed E-state index contributed by atoms with van der Waals surface area (Å²) in [7, 11) is 0. The summed E-state index contributed by atoms with van der Waals surface area (Å²) in [6.07, 6.45) is 0.000273. The van der Waals surface area contributed by atoms with Crippen molar-refractivity contribution in [3.05, 3.63) is 28.8 Å². The molecule has 1 aromatic carbocycles. The Morgan fingerprint density at radius 2 is 2.11 bits per heavy atom. The van der Waals surface area contributed by atoms with Gasteiger partial charge in [-0.2, -0.15) is 0 Å². The molecule has 1 N–H and O–H groups in total. The summed E-state index contributed by atoms with van der Waals surface area (Å²) in [6, 6.07) is 3.56. The van der Waals surface area contributed by atoms with Crippen LogP contribution < -0.4 is 4.74 Å². The molecule has 0 fully saturated rings. The maximum Gasteiger partial charge on any atom is 0.345 e. The molecule has 0 radical (unpaired) electrons. The lowest BCUT2D eigenvalue weighted by Gasteiger charge is -2.09. The number of hydrogen-bond donors (Lipinski definition) is 1. The first-order valence-electron chi connectivity index (χ1n) is 6.44. The molecular weight excluding hydrogens is 244 g/mol. The first-order valence-corrected chi connectivity index (χ1v) is 6.44. The van der Waals surface area contributed by atoms with Crippen molar-refractivity contribution in [2.75, 3.05) is 0 Å². The third kappa shape index (κ3) is 2.78. The molecular formula is C15H18O4. The molecule has 19 heavy (non-hydrogen) atoms. The molecule has 1 unspecified atom stereocenters. The molecule has 0 aliphatic carbocycles. The minimum atomic E-state index is -0.969. The van der Waals surface area contributed by atoms with E-state index in [9.17, 15) is 9.59 Å². The van der Waals surface area contributed by atoms with Crippen molar-refractivity contribution < 1.29 is 19.4 Å². The number of fused-ring (bicyclic) bond motifs is 1. The Hall–Kier alpha value is -1.84. The Kier molecular flexibility index (Phi) is 3.60. The van der Waals surface area contributed by atoms with E-state index in [-0.39, 0.29) is 5.78 Å². The summed E-state index contributed by atoms with van der Waals surface area (Å²) in [6.45, 7) is 5.86. The molecule has 1 aliphatic heterocycles. The van der Waals surface area contributed by atoms with Crippen LogP contribution in [0, 0.1) is 12.8 Å². The van der Waals surface area contributed by atoms with Crippen LogP contribution in [0.1, 0.15) is 41.8 Å². The van der Waals surface area contributed by atoms with Crippen LogP contribution in [0.5, 0.6) is 5.75 Å². The van der Waals surface area contributed by atoms with E-state index in [2.05, 4.69) is 0 Å². The maximum absolute atomic E-state index is 12.1. The highest BCUT2D eigenvalue weighted by atomic mass is 16.5. The number of carboxylic acids is 1. The van der Waals surface area contributed by atoms with Gasteiger partial charge in [0.15, 0.2) is 11.9 Å². The van der Waals surface area contributed by atoms with Crippen LogP contribution in [-0.2, 0) is 11.2 Å². The van der Waals surface area contributed by atoms with Gasteiger partial charge in [0.2, 0.25) is 0 Å². The van der Waals surface area contributed by atoms with Crippen molar-refractivity contribution in [2.24, 2.45) is 5.92 Å². The molecule has 0 aromatic heterocycles. The second kappa shape index (κ2) is 5.03. The smallest absolute Gasteiger partial charge is 0.345 e. The fourth-order valence-electron chi connectivity index (χ4n) is 2.31.